The summed E-state index contributed by atoms with van der Waals surface area (Å²) in [6, 6.07) is 8.69. The Kier molecular flexibility index (Phi) is 4.45. The standard InChI is InChI=1S/C14H13N3O4/c18-12-9-15-11(8-16-12)14(21)17(7-6-13(19)20)10-4-2-1-3-5-10/h1-5,8-9H,6-7H2,(H,16,18)(H,19,20). The lowest BCUT2D eigenvalue weighted by Crippen LogP contribution is -2.34. The lowest BCUT2D eigenvalue weighted by molar-refractivity contribution is -0.136. The van der Waals surface area contributed by atoms with E-state index in [0.29, 0.717) is 5.69 Å². The van der Waals surface area contributed by atoms with Crippen LogP contribution in [-0.2, 0) is 4.79 Å². The Morgan fingerprint density at radius 1 is 1.24 bits per heavy atom. The van der Waals surface area contributed by atoms with Gasteiger partial charge in [0.05, 0.1) is 12.6 Å². The Hall–Kier alpha value is -2.96. The summed E-state index contributed by atoms with van der Waals surface area (Å²) in [5.74, 6) is -1.48. The van der Waals surface area contributed by atoms with Gasteiger partial charge in [-0.1, -0.05) is 18.2 Å². The van der Waals surface area contributed by atoms with Gasteiger partial charge in [-0.15, -0.1) is 0 Å². The second-order valence-corrected chi connectivity index (χ2v) is 4.23. The molecule has 108 valence electrons. The quantitative estimate of drug-likeness (QED) is 0.850. The average molecular weight is 287 g/mol. The van der Waals surface area contributed by atoms with Crippen LogP contribution in [0.2, 0.25) is 0 Å². The topological polar surface area (TPSA) is 103 Å². The molecule has 0 saturated heterocycles. The highest BCUT2D eigenvalue weighted by atomic mass is 16.4. The summed E-state index contributed by atoms with van der Waals surface area (Å²) in [7, 11) is 0. The van der Waals surface area contributed by atoms with Crippen molar-refractivity contribution in [2.24, 2.45) is 0 Å². The van der Waals surface area contributed by atoms with Crippen LogP contribution in [0.1, 0.15) is 16.9 Å². The monoisotopic (exact) mass is 287 g/mol. The zero-order valence-corrected chi connectivity index (χ0v) is 11.0. The molecule has 2 aromatic rings. The molecule has 0 spiro atoms. The maximum atomic E-state index is 12.4. The highest BCUT2D eigenvalue weighted by Crippen LogP contribution is 2.16. The largest absolute Gasteiger partial charge is 0.481 e. The lowest BCUT2D eigenvalue weighted by Gasteiger charge is -2.21. The molecule has 0 bridgehead atoms. The number of carbonyl (C=O) groups is 2. The minimum Gasteiger partial charge on any atom is -0.481 e. The molecule has 7 nitrogen and oxygen atoms in total. The Morgan fingerprint density at radius 2 is 1.95 bits per heavy atom. The van der Waals surface area contributed by atoms with Gasteiger partial charge in [0.2, 0.25) is 0 Å². The first kappa shape index (κ1) is 14.4. The van der Waals surface area contributed by atoms with Gasteiger partial charge in [-0.25, -0.2) is 4.98 Å². The van der Waals surface area contributed by atoms with Crippen LogP contribution in [-0.4, -0.2) is 33.5 Å². The summed E-state index contributed by atoms with van der Waals surface area (Å²) < 4.78 is 0. The number of carboxylic acid groups (broad SMARTS) is 1. The summed E-state index contributed by atoms with van der Waals surface area (Å²) in [6.07, 6.45) is 2.03. The minimum absolute atomic E-state index is 0.0129. The Labute approximate surface area is 119 Å². The number of para-hydroxylation sites is 1. The number of H-pyrrole nitrogens is 1. The van der Waals surface area contributed by atoms with Gasteiger partial charge in [-0.3, -0.25) is 14.4 Å². The lowest BCUT2D eigenvalue weighted by atomic mass is 10.2. The summed E-state index contributed by atoms with van der Waals surface area (Å²) in [5.41, 5.74) is 0.198. The van der Waals surface area contributed by atoms with Gasteiger partial charge in [0.1, 0.15) is 5.69 Å². The first-order valence-electron chi connectivity index (χ1n) is 6.21. The molecule has 1 heterocycles. The number of hydrogen-bond acceptors (Lipinski definition) is 4. The number of rotatable bonds is 5. The van der Waals surface area contributed by atoms with Crippen molar-refractivity contribution in [2.45, 2.75) is 6.42 Å². The molecule has 0 aliphatic heterocycles. The van der Waals surface area contributed by atoms with Crippen molar-refractivity contribution in [2.75, 3.05) is 11.4 Å². The summed E-state index contributed by atoms with van der Waals surface area (Å²) in [5, 5.41) is 8.80. The van der Waals surface area contributed by atoms with E-state index in [0.717, 1.165) is 6.20 Å². The molecule has 7 heteroatoms. The van der Waals surface area contributed by atoms with Gasteiger partial charge < -0.3 is 15.0 Å². The molecule has 0 aliphatic rings. The van der Waals surface area contributed by atoms with Gasteiger partial charge in [0, 0.05) is 18.4 Å². The Morgan fingerprint density at radius 3 is 2.52 bits per heavy atom. The number of aromatic nitrogens is 2. The van der Waals surface area contributed by atoms with Crippen molar-refractivity contribution in [1.82, 2.24) is 9.97 Å². The van der Waals surface area contributed by atoms with E-state index in [9.17, 15) is 14.4 Å². The van der Waals surface area contributed by atoms with Crippen LogP contribution < -0.4 is 10.5 Å². The van der Waals surface area contributed by atoms with Crippen molar-refractivity contribution in [1.29, 1.82) is 0 Å². The number of aliphatic carboxylic acids is 1. The van der Waals surface area contributed by atoms with Gasteiger partial charge in [-0.2, -0.15) is 0 Å². The van der Waals surface area contributed by atoms with E-state index in [2.05, 4.69) is 9.97 Å². The number of nitrogens with one attached hydrogen (secondary N) is 1. The molecule has 0 aliphatic carbocycles. The molecule has 1 amide bonds. The molecular weight excluding hydrogens is 274 g/mol. The number of carboxylic acids is 1. The molecule has 21 heavy (non-hydrogen) atoms. The number of hydrogen-bond donors (Lipinski definition) is 2. The van der Waals surface area contributed by atoms with Gasteiger partial charge in [-0.05, 0) is 12.1 Å². The maximum absolute atomic E-state index is 12.4. The van der Waals surface area contributed by atoms with E-state index < -0.39 is 17.4 Å². The van der Waals surface area contributed by atoms with E-state index >= 15 is 0 Å². The number of benzene rings is 1. The first-order chi connectivity index (χ1) is 10.1. The summed E-state index contributed by atoms with van der Waals surface area (Å²) in [4.78, 5) is 41.6. The number of amides is 1. The third kappa shape index (κ3) is 3.75. The zero-order valence-electron chi connectivity index (χ0n) is 11.0. The summed E-state index contributed by atoms with van der Waals surface area (Å²) in [6.45, 7) is 0.0129. The fourth-order valence-electron chi connectivity index (χ4n) is 1.76. The van der Waals surface area contributed by atoms with Crippen molar-refractivity contribution < 1.29 is 14.7 Å². The molecule has 0 saturated carbocycles. The molecule has 0 fully saturated rings. The Balaban J connectivity index is 2.30. The minimum atomic E-state index is -1.00. The second kappa shape index (κ2) is 6.47. The smallest absolute Gasteiger partial charge is 0.305 e. The highest BCUT2D eigenvalue weighted by Gasteiger charge is 2.19. The normalized spacial score (nSPS) is 10.1. The van der Waals surface area contributed by atoms with E-state index in [1.54, 1.807) is 30.3 Å². The molecule has 1 aromatic heterocycles. The van der Waals surface area contributed by atoms with Gasteiger partial charge in [0.25, 0.3) is 11.5 Å². The molecule has 1 aromatic carbocycles. The average Bonchev–Trinajstić information content (AvgIpc) is 2.49. The van der Waals surface area contributed by atoms with Crippen molar-refractivity contribution in [3.8, 4) is 0 Å². The molecule has 2 N–H and O–H groups in total. The SMILES string of the molecule is O=C(O)CCN(C(=O)c1c[nH]c(=O)cn1)c1ccccc1. The highest BCUT2D eigenvalue weighted by molar-refractivity contribution is 6.04. The molecular formula is C14H13N3O4. The fourth-order valence-corrected chi connectivity index (χ4v) is 1.76. The van der Waals surface area contributed by atoms with Gasteiger partial charge >= 0.3 is 5.97 Å². The van der Waals surface area contributed by atoms with Crippen LogP contribution in [0.15, 0.2) is 47.5 Å². The van der Waals surface area contributed by atoms with E-state index in [1.807, 2.05) is 0 Å². The Bertz CT molecular complexity index is 676. The van der Waals surface area contributed by atoms with Crippen molar-refractivity contribution in [3.63, 3.8) is 0 Å². The third-order valence-corrected chi connectivity index (χ3v) is 2.75. The number of aromatic amines is 1. The number of anilines is 1. The number of carbonyl (C=O) groups excluding carboxylic acids is 1. The van der Waals surface area contributed by atoms with Crippen LogP contribution in [0.4, 0.5) is 5.69 Å². The van der Waals surface area contributed by atoms with E-state index in [4.69, 9.17) is 5.11 Å². The van der Waals surface area contributed by atoms with E-state index in [1.165, 1.54) is 11.1 Å². The fraction of sp³-hybridized carbons (Fsp3) is 0.143. The second-order valence-electron chi connectivity index (χ2n) is 4.23. The predicted octanol–water partition coefficient (Wildman–Crippen LogP) is 0.891. The van der Waals surface area contributed by atoms with Gasteiger partial charge in [0.15, 0.2) is 0 Å². The van der Waals surface area contributed by atoms with Crippen LogP contribution in [0, 0.1) is 0 Å². The maximum Gasteiger partial charge on any atom is 0.305 e. The molecule has 0 atom stereocenters. The van der Waals surface area contributed by atoms with Crippen LogP contribution in [0.25, 0.3) is 0 Å². The van der Waals surface area contributed by atoms with Crippen LogP contribution in [0.5, 0.6) is 0 Å². The molecule has 2 rings (SSSR count). The summed E-state index contributed by atoms with van der Waals surface area (Å²) >= 11 is 0. The predicted molar refractivity (Wildman–Crippen MR) is 75.2 cm³/mol. The first-order valence-corrected chi connectivity index (χ1v) is 6.21. The van der Waals surface area contributed by atoms with Crippen molar-refractivity contribution in [3.05, 3.63) is 58.8 Å². The number of nitrogens with zero attached hydrogens (tertiary/aromatic N) is 2. The van der Waals surface area contributed by atoms with Crippen molar-refractivity contribution >= 4 is 17.6 Å². The molecule has 0 unspecified atom stereocenters. The molecule has 0 radical (unpaired) electrons. The third-order valence-electron chi connectivity index (χ3n) is 2.75. The van der Waals surface area contributed by atoms with Crippen LogP contribution >= 0.6 is 0 Å². The zero-order chi connectivity index (χ0) is 15.2. The van der Waals surface area contributed by atoms with Crippen LogP contribution in [0.3, 0.4) is 0 Å². The van der Waals surface area contributed by atoms with E-state index in [-0.39, 0.29) is 18.7 Å².